The number of unbranched alkanes of at least 4 members (excludes halogenated alkanes) is 4. The van der Waals surface area contributed by atoms with Crippen LogP contribution in [0.2, 0.25) is 0 Å². The first-order valence-electron chi connectivity index (χ1n) is 12.9. The van der Waals surface area contributed by atoms with Gasteiger partial charge in [0.1, 0.15) is 11.2 Å². The molecule has 0 atom stereocenters. The average molecular weight is 541 g/mol. The van der Waals surface area contributed by atoms with Crippen molar-refractivity contribution in [1.82, 2.24) is 32.1 Å². The van der Waals surface area contributed by atoms with Crippen LogP contribution in [0.1, 0.15) is 80.1 Å². The van der Waals surface area contributed by atoms with E-state index in [9.17, 15) is 19.2 Å². The standard InChI is InChI=1S/C24H44N8O6/c1-23(2,3)37-21(35)27-15-11-7-9-13-25-19(33)17-29-31-18(32-30-17)20(34)26-14-10-8-12-16-28-22(36)38-24(4,5)6/h7-16H2,1-6H3,(H,25,33)(H,26,34)(H,27,35)(H,28,36)(H,29,30)(H,31,32). The second-order valence-electron chi connectivity index (χ2n) is 10.6. The van der Waals surface area contributed by atoms with Crippen LogP contribution in [0, 0.1) is 0 Å². The molecule has 0 aromatic carbocycles. The van der Waals surface area contributed by atoms with Crippen molar-refractivity contribution in [3.05, 3.63) is 0 Å². The molecule has 1 rings (SSSR count). The molecule has 0 bridgehead atoms. The molecule has 0 fully saturated rings. The second kappa shape index (κ2) is 16.3. The van der Waals surface area contributed by atoms with Gasteiger partial charge in [-0.3, -0.25) is 20.4 Å². The van der Waals surface area contributed by atoms with Gasteiger partial charge in [0.2, 0.25) is 11.7 Å². The van der Waals surface area contributed by atoms with E-state index in [4.69, 9.17) is 9.47 Å². The lowest BCUT2D eigenvalue weighted by Gasteiger charge is -2.19. The van der Waals surface area contributed by atoms with E-state index < -0.39 is 35.2 Å². The van der Waals surface area contributed by atoms with Crippen LogP contribution in [0.15, 0.2) is 10.2 Å². The molecule has 0 spiro atoms. The van der Waals surface area contributed by atoms with Gasteiger partial charge in [-0.1, -0.05) is 0 Å². The molecule has 6 N–H and O–H groups in total. The molecule has 1 aliphatic rings. The highest BCUT2D eigenvalue weighted by molar-refractivity contribution is 6.42. The number of carbonyl (C=O) groups excluding carboxylic acids is 4. The molecule has 14 heteroatoms. The predicted octanol–water partition coefficient (Wildman–Crippen LogP) is 1.43. The van der Waals surface area contributed by atoms with Crippen LogP contribution >= 0.6 is 0 Å². The van der Waals surface area contributed by atoms with Gasteiger partial charge < -0.3 is 30.7 Å². The first kappa shape index (κ1) is 32.4. The fourth-order valence-electron chi connectivity index (χ4n) is 2.90. The van der Waals surface area contributed by atoms with Crippen molar-refractivity contribution in [2.24, 2.45) is 10.2 Å². The summed E-state index contributed by atoms with van der Waals surface area (Å²) in [6.45, 7) is 12.7. The number of amidine groups is 2. The van der Waals surface area contributed by atoms with Crippen LogP contribution < -0.4 is 32.1 Å². The molecule has 216 valence electrons. The van der Waals surface area contributed by atoms with Crippen molar-refractivity contribution < 1.29 is 28.7 Å². The number of nitrogens with one attached hydrogen (secondary N) is 6. The van der Waals surface area contributed by atoms with Crippen molar-refractivity contribution in [2.75, 3.05) is 26.2 Å². The quantitative estimate of drug-likeness (QED) is 0.179. The number of nitrogens with zero attached hydrogens (tertiary/aromatic N) is 2. The molecular weight excluding hydrogens is 496 g/mol. The summed E-state index contributed by atoms with van der Waals surface area (Å²) in [4.78, 5) is 47.5. The molecule has 0 saturated carbocycles. The van der Waals surface area contributed by atoms with Gasteiger partial charge in [-0.05, 0) is 80.1 Å². The van der Waals surface area contributed by atoms with Crippen LogP contribution in [0.4, 0.5) is 9.59 Å². The summed E-state index contributed by atoms with van der Waals surface area (Å²) in [7, 11) is 0. The Labute approximate surface area is 224 Å². The summed E-state index contributed by atoms with van der Waals surface area (Å²) in [6.07, 6.45) is 3.65. The molecule has 14 nitrogen and oxygen atoms in total. The van der Waals surface area contributed by atoms with Crippen LogP contribution in [-0.2, 0) is 19.1 Å². The largest absolute Gasteiger partial charge is 0.444 e. The van der Waals surface area contributed by atoms with Gasteiger partial charge in [-0.15, -0.1) is 10.2 Å². The Bertz CT molecular complexity index is 791. The predicted molar refractivity (Wildman–Crippen MR) is 143 cm³/mol. The maximum atomic E-state index is 12.2. The lowest BCUT2D eigenvalue weighted by molar-refractivity contribution is -0.116. The van der Waals surface area contributed by atoms with E-state index in [2.05, 4.69) is 42.3 Å². The van der Waals surface area contributed by atoms with Crippen molar-refractivity contribution in [2.45, 2.75) is 91.3 Å². The van der Waals surface area contributed by atoms with Crippen molar-refractivity contribution in [1.29, 1.82) is 0 Å². The van der Waals surface area contributed by atoms with E-state index in [1.165, 1.54) is 0 Å². The Morgan fingerprint density at radius 2 is 0.895 bits per heavy atom. The SMILES string of the molecule is CC(C)(C)OC(=O)NCCCCCNC(=O)C1=NNC(C(=O)NCCCCCNC(=O)OC(C)(C)C)=NN1. The summed E-state index contributed by atoms with van der Waals surface area (Å²) >= 11 is 0. The third-order valence-corrected chi connectivity index (χ3v) is 4.59. The van der Waals surface area contributed by atoms with Crippen LogP contribution in [0.3, 0.4) is 0 Å². The molecule has 0 aromatic rings. The van der Waals surface area contributed by atoms with Gasteiger partial charge in [0.25, 0.3) is 11.8 Å². The van der Waals surface area contributed by atoms with Gasteiger partial charge >= 0.3 is 12.2 Å². The molecule has 1 heterocycles. The molecule has 38 heavy (non-hydrogen) atoms. The van der Waals surface area contributed by atoms with Gasteiger partial charge in [0.05, 0.1) is 0 Å². The fraction of sp³-hybridized carbons (Fsp3) is 0.750. The van der Waals surface area contributed by atoms with E-state index in [0.29, 0.717) is 26.2 Å². The number of amides is 4. The highest BCUT2D eigenvalue weighted by Crippen LogP contribution is 2.07. The van der Waals surface area contributed by atoms with Crippen molar-refractivity contribution in [3.8, 4) is 0 Å². The van der Waals surface area contributed by atoms with Gasteiger partial charge in [-0.2, -0.15) is 0 Å². The Kier molecular flexibility index (Phi) is 13.9. The third kappa shape index (κ3) is 16.2. The highest BCUT2D eigenvalue weighted by Gasteiger charge is 2.19. The monoisotopic (exact) mass is 540 g/mol. The number of rotatable bonds is 14. The van der Waals surface area contributed by atoms with Crippen LogP contribution in [0.25, 0.3) is 0 Å². The maximum Gasteiger partial charge on any atom is 0.407 e. The number of hydrogen-bond acceptors (Lipinski definition) is 10. The molecule has 0 saturated heterocycles. The zero-order chi connectivity index (χ0) is 28.6. The Hall–Kier alpha value is -3.58. The van der Waals surface area contributed by atoms with Crippen LogP contribution in [0.5, 0.6) is 0 Å². The van der Waals surface area contributed by atoms with Crippen molar-refractivity contribution in [3.63, 3.8) is 0 Å². The number of alkyl carbamates (subject to hydrolysis) is 2. The first-order valence-corrected chi connectivity index (χ1v) is 12.9. The van der Waals surface area contributed by atoms with E-state index in [0.717, 1.165) is 38.5 Å². The topological polar surface area (TPSA) is 184 Å². The smallest absolute Gasteiger partial charge is 0.407 e. The third-order valence-electron chi connectivity index (χ3n) is 4.59. The minimum Gasteiger partial charge on any atom is -0.444 e. The van der Waals surface area contributed by atoms with E-state index >= 15 is 0 Å². The minimum absolute atomic E-state index is 0.0503. The van der Waals surface area contributed by atoms with Gasteiger partial charge in [0, 0.05) is 26.2 Å². The molecule has 0 unspecified atom stereocenters. The zero-order valence-corrected chi connectivity index (χ0v) is 23.4. The summed E-state index contributed by atoms with van der Waals surface area (Å²) in [5.74, 6) is -1.00. The molecule has 0 radical (unpaired) electrons. The van der Waals surface area contributed by atoms with E-state index in [1.807, 2.05) is 0 Å². The van der Waals surface area contributed by atoms with E-state index in [-0.39, 0.29) is 11.7 Å². The summed E-state index contributed by atoms with van der Waals surface area (Å²) in [6, 6.07) is 0. The maximum absolute atomic E-state index is 12.2. The number of carbonyl (C=O) groups is 4. The van der Waals surface area contributed by atoms with Crippen molar-refractivity contribution >= 4 is 35.7 Å². The highest BCUT2D eigenvalue weighted by atomic mass is 16.6. The molecular formula is C24H44N8O6. The summed E-state index contributed by atoms with van der Waals surface area (Å²) in [5.41, 5.74) is 3.89. The molecule has 0 aromatic heterocycles. The van der Waals surface area contributed by atoms with Crippen LogP contribution in [-0.4, -0.2) is 73.1 Å². The average Bonchev–Trinajstić information content (AvgIpc) is 2.80. The number of ether oxygens (including phenoxy) is 2. The first-order chi connectivity index (χ1) is 17.8. The Morgan fingerprint density at radius 3 is 1.18 bits per heavy atom. The Morgan fingerprint density at radius 1 is 0.579 bits per heavy atom. The minimum atomic E-state index is -0.530. The lowest BCUT2D eigenvalue weighted by atomic mass is 10.2. The van der Waals surface area contributed by atoms with Gasteiger partial charge in [0.15, 0.2) is 0 Å². The van der Waals surface area contributed by atoms with E-state index in [1.54, 1.807) is 41.5 Å². The summed E-state index contributed by atoms with van der Waals surface area (Å²) in [5, 5.41) is 18.5. The normalized spacial score (nSPS) is 13.1. The number of hydrogen-bond donors (Lipinski definition) is 6. The molecule has 1 aliphatic heterocycles. The number of hydrazone groups is 2. The second-order valence-corrected chi connectivity index (χ2v) is 10.6. The van der Waals surface area contributed by atoms with Gasteiger partial charge in [-0.25, -0.2) is 9.59 Å². The lowest BCUT2D eigenvalue weighted by Crippen LogP contribution is -2.48. The zero-order valence-electron chi connectivity index (χ0n) is 23.4. The fourth-order valence-corrected chi connectivity index (χ4v) is 2.90. The molecule has 0 aliphatic carbocycles. The Balaban J connectivity index is 2.09. The molecule has 4 amide bonds. The summed E-state index contributed by atoms with van der Waals surface area (Å²) < 4.78 is 10.3.